The summed E-state index contributed by atoms with van der Waals surface area (Å²) >= 11 is 2.11. The predicted molar refractivity (Wildman–Crippen MR) is 135 cm³/mol. The molecule has 0 amide bonds. The van der Waals surface area contributed by atoms with E-state index < -0.39 is 10.9 Å². The normalized spacial score (nSPS) is 10.9. The number of rotatable bonds is 9. The number of carbonyl (C=O) groups is 1. The van der Waals surface area contributed by atoms with Crippen LogP contribution in [0.15, 0.2) is 60.7 Å². The highest BCUT2D eigenvalue weighted by molar-refractivity contribution is 14.1. The minimum atomic E-state index is -1.04. The number of allylic oxidation sites excluding steroid dienone is 1. The van der Waals surface area contributed by atoms with E-state index in [1.807, 2.05) is 13.0 Å². The molecule has 0 atom stereocenters. The van der Waals surface area contributed by atoms with Gasteiger partial charge in [0.05, 0.1) is 32.3 Å². The number of non-ortho nitro benzene ring substituents is 1. The van der Waals surface area contributed by atoms with Gasteiger partial charge in [0, 0.05) is 12.1 Å². The highest BCUT2D eigenvalue weighted by Gasteiger charge is 2.14. The first-order chi connectivity index (χ1) is 16.3. The summed E-state index contributed by atoms with van der Waals surface area (Å²) in [6.07, 6.45) is 1.69. The van der Waals surface area contributed by atoms with E-state index in [9.17, 15) is 20.2 Å². The molecule has 3 rings (SSSR count). The van der Waals surface area contributed by atoms with Crippen LogP contribution in [0.25, 0.3) is 11.6 Å². The van der Waals surface area contributed by atoms with E-state index in [1.165, 1.54) is 24.3 Å². The van der Waals surface area contributed by atoms with Crippen LogP contribution in [0.1, 0.15) is 34.0 Å². The highest BCUT2D eigenvalue weighted by Crippen LogP contribution is 2.36. The van der Waals surface area contributed by atoms with Gasteiger partial charge < -0.3 is 14.6 Å². The molecule has 0 radical (unpaired) electrons. The Kier molecular flexibility index (Phi) is 8.21. The zero-order chi connectivity index (χ0) is 24.7. The van der Waals surface area contributed by atoms with Crippen molar-refractivity contribution in [2.24, 2.45) is 0 Å². The van der Waals surface area contributed by atoms with Crippen LogP contribution >= 0.6 is 22.6 Å². The number of hydrogen-bond acceptors (Lipinski definition) is 6. The van der Waals surface area contributed by atoms with Crippen molar-refractivity contribution < 1.29 is 24.3 Å². The van der Waals surface area contributed by atoms with Crippen LogP contribution in [0.2, 0.25) is 0 Å². The zero-order valence-corrected chi connectivity index (χ0v) is 20.2. The van der Waals surface area contributed by atoms with Crippen molar-refractivity contribution in [2.45, 2.75) is 13.5 Å². The molecule has 0 aliphatic carbocycles. The molecule has 0 saturated heterocycles. The summed E-state index contributed by atoms with van der Waals surface area (Å²) < 4.78 is 12.4. The van der Waals surface area contributed by atoms with Crippen LogP contribution in [0.5, 0.6) is 11.5 Å². The SMILES string of the molecule is CCOc1cc(/C=C(/C#N)c2ccc(C(=O)O)cc2)cc(I)c1OCc1cccc([N+](=O)[O-])c1. The van der Waals surface area contributed by atoms with Crippen LogP contribution in [0.3, 0.4) is 0 Å². The molecular weight excluding hydrogens is 551 g/mol. The van der Waals surface area contributed by atoms with Crippen molar-refractivity contribution in [1.82, 2.24) is 0 Å². The molecule has 0 aliphatic rings. The molecule has 0 aliphatic heterocycles. The fourth-order valence-corrected chi connectivity index (χ4v) is 3.91. The first-order valence-electron chi connectivity index (χ1n) is 10.1. The van der Waals surface area contributed by atoms with Gasteiger partial charge in [0.15, 0.2) is 11.5 Å². The lowest BCUT2D eigenvalue weighted by atomic mass is 10.0. The number of hydrogen-bond donors (Lipinski definition) is 1. The molecular formula is C25H19IN2O6. The molecule has 0 saturated carbocycles. The van der Waals surface area contributed by atoms with Gasteiger partial charge in [0.1, 0.15) is 6.61 Å². The van der Waals surface area contributed by atoms with Gasteiger partial charge >= 0.3 is 5.97 Å². The Morgan fingerprint density at radius 1 is 1.15 bits per heavy atom. The summed E-state index contributed by atoms with van der Waals surface area (Å²) in [5.74, 6) is -0.0642. The summed E-state index contributed by atoms with van der Waals surface area (Å²) in [7, 11) is 0. The molecule has 1 N–H and O–H groups in total. The summed E-state index contributed by atoms with van der Waals surface area (Å²) in [4.78, 5) is 21.6. The Bertz CT molecular complexity index is 1300. The van der Waals surface area contributed by atoms with E-state index >= 15 is 0 Å². The largest absolute Gasteiger partial charge is 0.490 e. The Balaban J connectivity index is 1.90. The maximum absolute atomic E-state index is 11.1. The van der Waals surface area contributed by atoms with Crippen LogP contribution in [-0.2, 0) is 6.61 Å². The van der Waals surface area contributed by atoms with Gasteiger partial charge in [-0.05, 0) is 76.5 Å². The van der Waals surface area contributed by atoms with E-state index in [1.54, 1.807) is 36.4 Å². The first-order valence-corrected chi connectivity index (χ1v) is 11.2. The van der Waals surface area contributed by atoms with Gasteiger partial charge in [-0.15, -0.1) is 0 Å². The Labute approximate surface area is 209 Å². The fourth-order valence-electron chi connectivity index (χ4n) is 3.13. The molecule has 0 bridgehead atoms. The van der Waals surface area contributed by atoms with Crippen LogP contribution in [0.4, 0.5) is 5.69 Å². The second-order valence-electron chi connectivity index (χ2n) is 7.03. The first kappa shape index (κ1) is 24.7. The van der Waals surface area contributed by atoms with E-state index in [0.717, 1.165) is 3.57 Å². The number of nitrogens with zero attached hydrogens (tertiary/aromatic N) is 2. The van der Waals surface area contributed by atoms with Crippen LogP contribution < -0.4 is 9.47 Å². The number of nitro benzene ring substituents is 1. The Hall–Kier alpha value is -3.91. The van der Waals surface area contributed by atoms with Crippen molar-refractivity contribution in [3.63, 3.8) is 0 Å². The molecule has 0 spiro atoms. The third-order valence-electron chi connectivity index (χ3n) is 4.71. The molecule has 0 unspecified atom stereocenters. The number of benzene rings is 3. The number of nitriles is 1. The lowest BCUT2D eigenvalue weighted by molar-refractivity contribution is -0.384. The van der Waals surface area contributed by atoms with E-state index in [-0.39, 0.29) is 17.9 Å². The van der Waals surface area contributed by atoms with Gasteiger partial charge in [0.2, 0.25) is 0 Å². The topological polar surface area (TPSA) is 123 Å². The molecule has 0 aromatic heterocycles. The third-order valence-corrected chi connectivity index (χ3v) is 5.51. The zero-order valence-electron chi connectivity index (χ0n) is 18.0. The van der Waals surface area contributed by atoms with Gasteiger partial charge in [-0.25, -0.2) is 4.79 Å². The Morgan fingerprint density at radius 2 is 1.85 bits per heavy atom. The highest BCUT2D eigenvalue weighted by atomic mass is 127. The van der Waals surface area contributed by atoms with Gasteiger partial charge in [-0.3, -0.25) is 10.1 Å². The lowest BCUT2D eigenvalue weighted by Gasteiger charge is -2.15. The average molecular weight is 570 g/mol. The van der Waals surface area contributed by atoms with Crippen molar-refractivity contribution in [2.75, 3.05) is 6.61 Å². The molecule has 0 fully saturated rings. The average Bonchev–Trinajstić information content (AvgIpc) is 2.82. The minimum Gasteiger partial charge on any atom is -0.490 e. The standard InChI is InChI=1S/C25H19IN2O6/c1-2-33-23-13-17(10-20(14-27)18-6-8-19(9-7-18)25(29)30)12-22(26)24(23)34-15-16-4-3-5-21(11-16)28(31)32/h3-13H,2,15H2,1H3,(H,29,30)/b20-10-. The van der Waals surface area contributed by atoms with Gasteiger partial charge in [-0.2, -0.15) is 5.26 Å². The maximum Gasteiger partial charge on any atom is 0.335 e. The number of carboxylic acids is 1. The summed E-state index contributed by atoms with van der Waals surface area (Å²) in [6, 6.07) is 18.0. The van der Waals surface area contributed by atoms with Gasteiger partial charge in [-0.1, -0.05) is 24.3 Å². The molecule has 3 aromatic rings. The van der Waals surface area contributed by atoms with Crippen molar-refractivity contribution in [3.8, 4) is 17.6 Å². The third kappa shape index (κ3) is 6.11. The molecule has 8 nitrogen and oxygen atoms in total. The summed E-state index contributed by atoms with van der Waals surface area (Å²) in [6.45, 7) is 2.34. The molecule has 3 aromatic carbocycles. The van der Waals surface area contributed by atoms with E-state index in [4.69, 9.17) is 14.6 Å². The summed E-state index contributed by atoms with van der Waals surface area (Å²) in [5, 5.41) is 29.7. The molecule has 172 valence electrons. The van der Waals surface area contributed by atoms with Crippen molar-refractivity contribution in [3.05, 3.63) is 96.6 Å². The molecule has 34 heavy (non-hydrogen) atoms. The number of ether oxygens (including phenoxy) is 2. The van der Waals surface area contributed by atoms with Gasteiger partial charge in [0.25, 0.3) is 5.69 Å². The van der Waals surface area contributed by atoms with E-state index in [2.05, 4.69) is 28.7 Å². The van der Waals surface area contributed by atoms with Crippen molar-refractivity contribution >= 4 is 45.9 Å². The second-order valence-corrected chi connectivity index (χ2v) is 8.19. The lowest BCUT2D eigenvalue weighted by Crippen LogP contribution is -2.02. The van der Waals surface area contributed by atoms with Crippen molar-refractivity contribution in [1.29, 1.82) is 5.26 Å². The molecule has 9 heteroatoms. The quantitative estimate of drug-likeness (QED) is 0.111. The number of halogens is 1. The van der Waals surface area contributed by atoms with E-state index in [0.29, 0.717) is 40.4 Å². The van der Waals surface area contributed by atoms with Crippen LogP contribution in [-0.4, -0.2) is 22.6 Å². The molecule has 0 heterocycles. The smallest absolute Gasteiger partial charge is 0.335 e. The number of aromatic carboxylic acids is 1. The number of carboxylic acid groups (broad SMARTS) is 1. The summed E-state index contributed by atoms with van der Waals surface area (Å²) in [5.41, 5.74) is 2.43. The predicted octanol–water partition coefficient (Wildman–Crippen LogP) is 5.94. The Morgan fingerprint density at radius 3 is 2.47 bits per heavy atom. The monoisotopic (exact) mass is 570 g/mol. The minimum absolute atomic E-state index is 0.0123. The van der Waals surface area contributed by atoms with Crippen LogP contribution in [0, 0.1) is 25.0 Å². The maximum atomic E-state index is 11.1. The number of nitro groups is 1. The fraction of sp³-hybridized carbons (Fsp3) is 0.120. The second kappa shape index (κ2) is 11.3.